The van der Waals surface area contributed by atoms with Gasteiger partial charge in [-0.1, -0.05) is 12.1 Å². The van der Waals surface area contributed by atoms with Crippen molar-refractivity contribution >= 4 is 42.9 Å². The lowest BCUT2D eigenvalue weighted by molar-refractivity contribution is -0.114. The second kappa shape index (κ2) is 7.96. The van der Waals surface area contributed by atoms with E-state index in [1.807, 2.05) is 0 Å². The van der Waals surface area contributed by atoms with Crippen molar-refractivity contribution in [2.75, 3.05) is 22.1 Å². The number of nitrogens with one attached hydrogen (secondary N) is 2. The fraction of sp³-hybridized carbons (Fsp3) is 0.263. The Balaban J connectivity index is 1.81. The van der Waals surface area contributed by atoms with Crippen LogP contribution in [0.15, 0.2) is 53.4 Å². The van der Waals surface area contributed by atoms with Crippen molar-refractivity contribution in [3.63, 3.8) is 0 Å². The van der Waals surface area contributed by atoms with Gasteiger partial charge in [-0.15, -0.1) is 0 Å². The van der Waals surface area contributed by atoms with E-state index in [-0.39, 0.29) is 28.5 Å². The molecule has 1 aliphatic rings. The minimum Gasteiger partial charge on any atom is -0.326 e. The number of rotatable bonds is 5. The fourth-order valence-corrected chi connectivity index (χ4v) is 7.50. The van der Waals surface area contributed by atoms with Crippen LogP contribution in [0.5, 0.6) is 0 Å². The van der Waals surface area contributed by atoms with Crippen LogP contribution in [-0.2, 0) is 24.5 Å². The molecule has 10 heteroatoms. The summed E-state index contributed by atoms with van der Waals surface area (Å²) in [4.78, 5) is 23.6. The molecule has 1 atom stereocenters. The number of carbonyl (C=O) groups is 2. The van der Waals surface area contributed by atoms with E-state index in [0.717, 1.165) is 0 Å². The molecule has 1 heterocycles. The third kappa shape index (κ3) is 5.01. The van der Waals surface area contributed by atoms with Crippen LogP contribution in [0, 0.1) is 0 Å². The SMILES string of the molecule is CC(=O)Nc1cccc(NC(=O)c2cccc(S(=O)(=O)[C@H]3CCS(=O)(=O)C3)c2)c1. The third-order valence-electron chi connectivity index (χ3n) is 4.50. The molecule has 29 heavy (non-hydrogen) atoms. The predicted octanol–water partition coefficient (Wildman–Crippen LogP) is 1.86. The van der Waals surface area contributed by atoms with Crippen LogP contribution in [0.1, 0.15) is 23.7 Å². The van der Waals surface area contributed by atoms with Crippen molar-refractivity contribution in [3.8, 4) is 0 Å². The third-order valence-corrected chi connectivity index (χ3v) is 8.67. The number of hydrogen-bond donors (Lipinski definition) is 2. The Morgan fingerprint density at radius 2 is 1.66 bits per heavy atom. The van der Waals surface area contributed by atoms with Gasteiger partial charge in [-0.3, -0.25) is 9.59 Å². The van der Waals surface area contributed by atoms with Gasteiger partial charge in [0, 0.05) is 23.9 Å². The number of carbonyl (C=O) groups excluding carboxylic acids is 2. The van der Waals surface area contributed by atoms with Crippen LogP contribution in [0.2, 0.25) is 0 Å². The highest BCUT2D eigenvalue weighted by Crippen LogP contribution is 2.26. The van der Waals surface area contributed by atoms with E-state index in [1.165, 1.54) is 31.2 Å². The maximum absolute atomic E-state index is 12.8. The topological polar surface area (TPSA) is 126 Å². The Bertz CT molecular complexity index is 1170. The minimum absolute atomic E-state index is 0.0526. The summed E-state index contributed by atoms with van der Waals surface area (Å²) in [5.41, 5.74) is 1.06. The van der Waals surface area contributed by atoms with Gasteiger partial charge in [0.15, 0.2) is 19.7 Å². The van der Waals surface area contributed by atoms with Crippen molar-refractivity contribution in [2.24, 2.45) is 0 Å². The lowest BCUT2D eigenvalue weighted by Gasteiger charge is -2.12. The zero-order valence-corrected chi connectivity index (χ0v) is 17.2. The Kier molecular flexibility index (Phi) is 5.76. The molecule has 0 spiro atoms. The second-order valence-corrected chi connectivity index (χ2v) is 11.3. The summed E-state index contributed by atoms with van der Waals surface area (Å²) in [6.07, 6.45) is 0.0526. The molecule has 8 nitrogen and oxygen atoms in total. The van der Waals surface area contributed by atoms with Crippen LogP contribution < -0.4 is 10.6 Å². The largest absolute Gasteiger partial charge is 0.326 e. The summed E-state index contributed by atoms with van der Waals surface area (Å²) in [7, 11) is -7.22. The highest BCUT2D eigenvalue weighted by Gasteiger charge is 2.38. The summed E-state index contributed by atoms with van der Waals surface area (Å²) < 4.78 is 48.8. The number of hydrogen-bond acceptors (Lipinski definition) is 6. The fourth-order valence-electron chi connectivity index (χ4n) is 3.09. The van der Waals surface area contributed by atoms with E-state index in [0.29, 0.717) is 11.4 Å². The van der Waals surface area contributed by atoms with Gasteiger partial charge in [-0.25, -0.2) is 16.8 Å². The van der Waals surface area contributed by atoms with Crippen molar-refractivity contribution in [1.29, 1.82) is 0 Å². The molecule has 0 aliphatic carbocycles. The normalized spacial score (nSPS) is 18.2. The van der Waals surface area contributed by atoms with Crippen LogP contribution in [0.3, 0.4) is 0 Å². The average Bonchev–Trinajstić information content (AvgIpc) is 3.02. The Morgan fingerprint density at radius 1 is 1.00 bits per heavy atom. The van der Waals surface area contributed by atoms with Crippen LogP contribution in [-0.4, -0.2) is 45.4 Å². The highest BCUT2D eigenvalue weighted by atomic mass is 32.2. The Morgan fingerprint density at radius 3 is 2.28 bits per heavy atom. The first-order valence-corrected chi connectivity index (χ1v) is 12.2. The summed E-state index contributed by atoms with van der Waals surface area (Å²) in [5.74, 6) is -1.33. The monoisotopic (exact) mass is 436 g/mol. The molecule has 1 fully saturated rings. The van der Waals surface area contributed by atoms with E-state index in [9.17, 15) is 26.4 Å². The lowest BCUT2D eigenvalue weighted by atomic mass is 10.2. The molecule has 0 aromatic heterocycles. The number of anilines is 2. The van der Waals surface area contributed by atoms with E-state index < -0.39 is 36.6 Å². The Labute approximate surface area is 169 Å². The zero-order valence-electron chi connectivity index (χ0n) is 15.6. The van der Waals surface area contributed by atoms with Gasteiger partial charge in [0.05, 0.1) is 21.7 Å². The number of sulfone groups is 2. The summed E-state index contributed by atoms with van der Waals surface area (Å²) in [5, 5.41) is 4.26. The van der Waals surface area contributed by atoms with Gasteiger partial charge < -0.3 is 10.6 Å². The molecule has 0 unspecified atom stereocenters. The van der Waals surface area contributed by atoms with Crippen molar-refractivity contribution < 1.29 is 26.4 Å². The van der Waals surface area contributed by atoms with E-state index in [1.54, 1.807) is 24.3 Å². The molecule has 2 aromatic rings. The van der Waals surface area contributed by atoms with Crippen molar-refractivity contribution in [2.45, 2.75) is 23.5 Å². The summed E-state index contributed by atoms with van der Waals surface area (Å²) in [6, 6.07) is 12.0. The van der Waals surface area contributed by atoms with Gasteiger partial charge >= 0.3 is 0 Å². The van der Waals surface area contributed by atoms with Crippen molar-refractivity contribution in [3.05, 3.63) is 54.1 Å². The Hall–Kier alpha value is -2.72. The maximum Gasteiger partial charge on any atom is 0.255 e. The molecule has 1 saturated heterocycles. The lowest BCUT2D eigenvalue weighted by Crippen LogP contribution is -2.23. The molecular weight excluding hydrogens is 416 g/mol. The standard InChI is InChI=1S/C19H20N2O6S2/c1-13(22)20-15-5-3-6-16(11-15)21-19(23)14-4-2-7-17(10-14)29(26,27)18-8-9-28(24,25)12-18/h2-7,10-11,18H,8-9,12H2,1H3,(H,20,22)(H,21,23)/t18-/m0/s1. The van der Waals surface area contributed by atoms with Crippen LogP contribution in [0.25, 0.3) is 0 Å². The van der Waals surface area contributed by atoms with Gasteiger partial charge in [0.1, 0.15) is 0 Å². The van der Waals surface area contributed by atoms with E-state index in [4.69, 9.17) is 0 Å². The highest BCUT2D eigenvalue weighted by molar-refractivity contribution is 7.96. The zero-order chi connectivity index (χ0) is 21.2. The molecule has 0 saturated carbocycles. The van der Waals surface area contributed by atoms with E-state index in [2.05, 4.69) is 10.6 Å². The maximum atomic E-state index is 12.8. The predicted molar refractivity (Wildman–Crippen MR) is 109 cm³/mol. The van der Waals surface area contributed by atoms with Gasteiger partial charge in [0.25, 0.3) is 5.91 Å². The molecule has 3 rings (SSSR count). The quantitative estimate of drug-likeness (QED) is 0.737. The smallest absolute Gasteiger partial charge is 0.255 e. The second-order valence-electron chi connectivity index (χ2n) is 6.81. The van der Waals surface area contributed by atoms with Gasteiger partial charge in [-0.2, -0.15) is 0 Å². The van der Waals surface area contributed by atoms with Crippen LogP contribution in [0.4, 0.5) is 11.4 Å². The average molecular weight is 437 g/mol. The van der Waals surface area contributed by atoms with Crippen molar-refractivity contribution in [1.82, 2.24) is 0 Å². The molecule has 0 bridgehead atoms. The van der Waals surface area contributed by atoms with Gasteiger partial charge in [0.2, 0.25) is 5.91 Å². The first-order valence-electron chi connectivity index (χ1n) is 8.80. The minimum atomic E-state index is -3.87. The summed E-state index contributed by atoms with van der Waals surface area (Å²) in [6.45, 7) is 1.37. The molecule has 154 valence electrons. The van der Waals surface area contributed by atoms with Gasteiger partial charge in [-0.05, 0) is 42.8 Å². The number of benzene rings is 2. The van der Waals surface area contributed by atoms with Crippen LogP contribution >= 0.6 is 0 Å². The molecule has 1 aliphatic heterocycles. The van der Waals surface area contributed by atoms with E-state index >= 15 is 0 Å². The molecule has 0 radical (unpaired) electrons. The first-order chi connectivity index (χ1) is 13.6. The summed E-state index contributed by atoms with van der Waals surface area (Å²) >= 11 is 0. The molecule has 2 amide bonds. The molecule has 2 N–H and O–H groups in total. The number of amides is 2. The molecule has 2 aromatic carbocycles. The first kappa shape index (κ1) is 21.0. The molecular formula is C19H20N2O6S2.